The SMILES string of the molecule is CC(C)[C@@H]1OC(c2ccncc2NC(=O)c2nc(-c3c(F)cccc3F)ncc2N)C[C@H](N)[C@H]1O. The van der Waals surface area contributed by atoms with E-state index in [-0.39, 0.29) is 23.1 Å². The van der Waals surface area contributed by atoms with E-state index in [1.807, 2.05) is 13.8 Å². The molecule has 1 saturated heterocycles. The van der Waals surface area contributed by atoms with Crippen LogP contribution >= 0.6 is 0 Å². The molecule has 6 N–H and O–H groups in total. The van der Waals surface area contributed by atoms with Gasteiger partial charge in [-0.1, -0.05) is 19.9 Å². The lowest BCUT2D eigenvalue weighted by molar-refractivity contribution is -0.145. The first-order chi connectivity index (χ1) is 16.7. The Labute approximate surface area is 200 Å². The van der Waals surface area contributed by atoms with Gasteiger partial charge in [-0.05, 0) is 30.5 Å². The molecular formula is C24H26F2N6O3. The minimum Gasteiger partial charge on any atom is -0.396 e. The number of nitrogens with two attached hydrogens (primary N) is 2. The van der Waals surface area contributed by atoms with Gasteiger partial charge in [0.25, 0.3) is 5.91 Å². The van der Waals surface area contributed by atoms with E-state index in [1.165, 1.54) is 12.3 Å². The lowest BCUT2D eigenvalue weighted by Crippen LogP contribution is -2.51. The van der Waals surface area contributed by atoms with Crippen LogP contribution in [0.4, 0.5) is 20.2 Å². The molecule has 1 unspecified atom stereocenters. The highest BCUT2D eigenvalue weighted by atomic mass is 19.1. The Morgan fingerprint density at radius 1 is 1.23 bits per heavy atom. The summed E-state index contributed by atoms with van der Waals surface area (Å²) in [7, 11) is 0. The monoisotopic (exact) mass is 484 g/mol. The molecular weight excluding hydrogens is 458 g/mol. The molecule has 1 fully saturated rings. The summed E-state index contributed by atoms with van der Waals surface area (Å²) >= 11 is 0. The Morgan fingerprint density at radius 3 is 2.63 bits per heavy atom. The van der Waals surface area contributed by atoms with Gasteiger partial charge >= 0.3 is 0 Å². The molecule has 4 atom stereocenters. The van der Waals surface area contributed by atoms with Crippen molar-refractivity contribution in [2.24, 2.45) is 11.7 Å². The van der Waals surface area contributed by atoms with Crippen LogP contribution in [0.2, 0.25) is 0 Å². The fraction of sp³-hybridized carbons (Fsp3) is 0.333. The van der Waals surface area contributed by atoms with Gasteiger partial charge in [-0.25, -0.2) is 18.7 Å². The average molecular weight is 485 g/mol. The quantitative estimate of drug-likeness (QED) is 0.432. The van der Waals surface area contributed by atoms with Gasteiger partial charge in [0.1, 0.15) is 11.6 Å². The van der Waals surface area contributed by atoms with Crippen LogP contribution in [0.1, 0.15) is 42.4 Å². The molecule has 3 heterocycles. The molecule has 0 saturated carbocycles. The van der Waals surface area contributed by atoms with Gasteiger partial charge in [-0.2, -0.15) is 0 Å². The number of halogens is 2. The van der Waals surface area contributed by atoms with Gasteiger partial charge in [-0.15, -0.1) is 0 Å². The van der Waals surface area contributed by atoms with Crippen molar-refractivity contribution in [3.8, 4) is 11.4 Å². The normalized spacial score (nSPS) is 22.3. The van der Waals surface area contributed by atoms with Crippen LogP contribution in [-0.2, 0) is 4.74 Å². The van der Waals surface area contributed by atoms with Crippen LogP contribution in [0.5, 0.6) is 0 Å². The first kappa shape index (κ1) is 24.6. The zero-order valence-corrected chi connectivity index (χ0v) is 19.2. The number of hydrogen-bond acceptors (Lipinski definition) is 8. The van der Waals surface area contributed by atoms with Gasteiger partial charge in [0.2, 0.25) is 0 Å². The molecule has 2 aromatic heterocycles. The summed E-state index contributed by atoms with van der Waals surface area (Å²) in [6, 6.07) is 4.51. The number of ether oxygens (including phenoxy) is 1. The maximum Gasteiger partial charge on any atom is 0.276 e. The van der Waals surface area contributed by atoms with Crippen LogP contribution in [0.3, 0.4) is 0 Å². The molecule has 1 aliphatic heterocycles. The minimum absolute atomic E-state index is 0.0109. The molecule has 0 radical (unpaired) electrons. The number of hydrogen-bond donors (Lipinski definition) is 4. The van der Waals surface area contributed by atoms with E-state index in [0.717, 1.165) is 18.3 Å². The van der Waals surface area contributed by atoms with Gasteiger partial charge in [0.05, 0.1) is 47.6 Å². The fourth-order valence-corrected chi connectivity index (χ4v) is 4.08. The average Bonchev–Trinajstić information content (AvgIpc) is 2.81. The molecule has 0 aliphatic carbocycles. The maximum atomic E-state index is 14.2. The van der Waals surface area contributed by atoms with Crippen molar-refractivity contribution in [1.82, 2.24) is 15.0 Å². The summed E-state index contributed by atoms with van der Waals surface area (Å²) < 4.78 is 34.6. The Kier molecular flexibility index (Phi) is 7.01. The van der Waals surface area contributed by atoms with Crippen LogP contribution < -0.4 is 16.8 Å². The molecule has 35 heavy (non-hydrogen) atoms. The van der Waals surface area contributed by atoms with Crippen LogP contribution in [0.15, 0.2) is 42.9 Å². The van der Waals surface area contributed by atoms with Crippen LogP contribution in [0.25, 0.3) is 11.4 Å². The molecule has 3 aromatic rings. The van der Waals surface area contributed by atoms with E-state index >= 15 is 0 Å². The van der Waals surface area contributed by atoms with E-state index in [0.29, 0.717) is 17.7 Å². The van der Waals surface area contributed by atoms with Gasteiger partial charge in [-0.3, -0.25) is 9.78 Å². The number of aliphatic hydroxyl groups excluding tert-OH is 1. The van der Waals surface area contributed by atoms with Gasteiger partial charge in [0.15, 0.2) is 11.5 Å². The molecule has 9 nitrogen and oxygen atoms in total. The van der Waals surface area contributed by atoms with Crippen molar-refractivity contribution in [3.05, 3.63) is 65.7 Å². The molecule has 11 heteroatoms. The maximum absolute atomic E-state index is 14.2. The standard InChI is InChI=1S/C24H26F2N6O3/c1-11(2)22-21(33)15(27)8-18(35-22)12-6-7-29-10-17(12)31-24(34)20-16(28)9-30-23(32-20)19-13(25)4-3-5-14(19)26/h3-7,9-11,15,18,21-22,33H,8,27-28H2,1-2H3,(H,31,34)/t15-,18?,21+,22-/m0/s1. The molecule has 0 bridgehead atoms. The zero-order chi connectivity index (χ0) is 25.3. The molecule has 0 spiro atoms. The minimum atomic E-state index is -0.872. The van der Waals surface area contributed by atoms with Crippen molar-refractivity contribution in [3.63, 3.8) is 0 Å². The fourth-order valence-electron chi connectivity index (χ4n) is 4.08. The molecule has 1 amide bonds. The number of rotatable bonds is 5. The highest BCUT2D eigenvalue weighted by Crippen LogP contribution is 2.37. The van der Waals surface area contributed by atoms with E-state index < -0.39 is 47.5 Å². The number of nitrogens with one attached hydrogen (secondary N) is 1. The first-order valence-electron chi connectivity index (χ1n) is 11.1. The summed E-state index contributed by atoms with van der Waals surface area (Å²) in [6.07, 6.45) is 2.61. The third-order valence-corrected chi connectivity index (χ3v) is 5.91. The number of pyridine rings is 1. The largest absolute Gasteiger partial charge is 0.396 e. The van der Waals surface area contributed by atoms with Gasteiger partial charge in [0, 0.05) is 17.8 Å². The molecule has 4 rings (SSSR count). The second kappa shape index (κ2) is 9.98. The van der Waals surface area contributed by atoms with E-state index in [1.54, 1.807) is 12.3 Å². The van der Waals surface area contributed by atoms with Crippen molar-refractivity contribution < 1.29 is 23.4 Å². The van der Waals surface area contributed by atoms with Crippen molar-refractivity contribution in [1.29, 1.82) is 0 Å². The number of aliphatic hydroxyl groups is 1. The number of nitrogens with zero attached hydrogens (tertiary/aromatic N) is 3. The lowest BCUT2D eigenvalue weighted by Gasteiger charge is -2.40. The lowest BCUT2D eigenvalue weighted by atomic mass is 9.88. The highest BCUT2D eigenvalue weighted by molar-refractivity contribution is 6.06. The Morgan fingerprint density at radius 2 is 1.94 bits per heavy atom. The number of anilines is 2. The number of benzene rings is 1. The summed E-state index contributed by atoms with van der Waals surface area (Å²) in [6.45, 7) is 3.85. The number of aromatic nitrogens is 3. The van der Waals surface area contributed by atoms with E-state index in [4.69, 9.17) is 16.2 Å². The van der Waals surface area contributed by atoms with Crippen LogP contribution in [-0.4, -0.2) is 44.2 Å². The summed E-state index contributed by atoms with van der Waals surface area (Å²) in [4.78, 5) is 25.1. The summed E-state index contributed by atoms with van der Waals surface area (Å²) in [5.74, 6) is -2.78. The molecule has 184 valence electrons. The second-order valence-electron chi connectivity index (χ2n) is 8.73. The predicted molar refractivity (Wildman–Crippen MR) is 125 cm³/mol. The third kappa shape index (κ3) is 4.97. The second-order valence-corrected chi connectivity index (χ2v) is 8.73. The van der Waals surface area contributed by atoms with Gasteiger partial charge < -0.3 is 26.6 Å². The summed E-state index contributed by atoms with van der Waals surface area (Å²) in [5, 5.41) is 13.1. The van der Waals surface area contributed by atoms with E-state index in [2.05, 4.69) is 20.3 Å². The van der Waals surface area contributed by atoms with Crippen molar-refractivity contribution in [2.45, 2.75) is 44.6 Å². The van der Waals surface area contributed by atoms with Crippen LogP contribution in [0, 0.1) is 17.6 Å². The highest BCUT2D eigenvalue weighted by Gasteiger charge is 2.38. The van der Waals surface area contributed by atoms with Crippen molar-refractivity contribution in [2.75, 3.05) is 11.1 Å². The first-order valence-corrected chi connectivity index (χ1v) is 11.1. The Bertz CT molecular complexity index is 1220. The van der Waals surface area contributed by atoms with E-state index in [9.17, 15) is 18.7 Å². The number of amides is 1. The number of carbonyl (C=O) groups excluding carboxylic acids is 1. The molecule has 1 aliphatic rings. The topological polar surface area (TPSA) is 149 Å². The Hall–Kier alpha value is -3.54. The van der Waals surface area contributed by atoms with Crippen molar-refractivity contribution >= 4 is 17.3 Å². The summed E-state index contributed by atoms with van der Waals surface area (Å²) in [5.41, 5.74) is 12.2. The number of carbonyl (C=O) groups is 1. The zero-order valence-electron chi connectivity index (χ0n) is 19.2. The molecule has 1 aromatic carbocycles. The predicted octanol–water partition coefficient (Wildman–Crippen LogP) is 2.83. The third-order valence-electron chi connectivity index (χ3n) is 5.91. The Balaban J connectivity index is 1.64. The number of nitrogen functional groups attached to an aromatic ring is 1. The smallest absolute Gasteiger partial charge is 0.276 e.